The maximum atomic E-state index is 11.9. The van der Waals surface area contributed by atoms with E-state index in [-0.39, 0.29) is 0 Å². The zero-order valence-corrected chi connectivity index (χ0v) is 11.0. The van der Waals surface area contributed by atoms with Crippen molar-refractivity contribution < 1.29 is 9.00 Å². The van der Waals surface area contributed by atoms with Gasteiger partial charge in [-0.3, -0.25) is 9.52 Å². The fraction of sp³-hybridized carbons (Fsp3) is 0.0714. The molecule has 0 spiro atoms. The van der Waals surface area contributed by atoms with Gasteiger partial charge in [-0.05, 0) is 17.7 Å². The van der Waals surface area contributed by atoms with E-state index in [0.29, 0.717) is 10.5 Å². The minimum absolute atomic E-state index is 0.464. The quantitative estimate of drug-likeness (QED) is 0.888. The SMILES string of the molecule is NC(C(=O)NS(=O)c1ccccc1)c1ccccc1. The van der Waals surface area contributed by atoms with Crippen molar-refractivity contribution in [2.75, 3.05) is 0 Å². The third-order valence-corrected chi connectivity index (χ3v) is 3.68. The lowest BCUT2D eigenvalue weighted by molar-refractivity contribution is -0.120. The molecule has 1 amide bonds. The van der Waals surface area contributed by atoms with E-state index in [0.717, 1.165) is 0 Å². The van der Waals surface area contributed by atoms with Gasteiger partial charge in [-0.15, -0.1) is 0 Å². The van der Waals surface area contributed by atoms with Gasteiger partial charge in [0, 0.05) is 0 Å². The Kier molecular flexibility index (Phi) is 4.43. The highest BCUT2D eigenvalue weighted by atomic mass is 32.2. The second kappa shape index (κ2) is 6.26. The molecule has 0 aliphatic carbocycles. The lowest BCUT2D eigenvalue weighted by atomic mass is 10.1. The van der Waals surface area contributed by atoms with Crippen molar-refractivity contribution in [3.05, 3.63) is 66.2 Å². The molecule has 98 valence electrons. The summed E-state index contributed by atoms with van der Waals surface area (Å²) in [5.74, 6) is -0.464. The molecule has 0 radical (unpaired) electrons. The molecule has 0 aliphatic heterocycles. The molecule has 2 unspecified atom stereocenters. The standard InChI is InChI=1S/C14H14N2O2S/c15-13(11-7-3-1-4-8-11)14(17)16-19(18)12-9-5-2-6-10-12/h1-10,13H,15H2,(H,16,17). The summed E-state index contributed by atoms with van der Waals surface area (Å²) in [7, 11) is -1.59. The van der Waals surface area contributed by atoms with Crippen LogP contribution in [-0.2, 0) is 15.8 Å². The van der Waals surface area contributed by atoms with Crippen LogP contribution in [0.1, 0.15) is 11.6 Å². The number of nitrogens with one attached hydrogen (secondary N) is 1. The molecule has 2 aromatic carbocycles. The Hall–Kier alpha value is -1.98. The van der Waals surface area contributed by atoms with Gasteiger partial charge < -0.3 is 5.73 Å². The molecule has 2 aromatic rings. The molecule has 0 saturated heterocycles. The number of carbonyl (C=O) groups excluding carboxylic acids is 1. The number of amides is 1. The number of hydrogen-bond acceptors (Lipinski definition) is 3. The predicted octanol–water partition coefficient (Wildman–Crippen LogP) is 1.53. The molecule has 19 heavy (non-hydrogen) atoms. The molecule has 0 aromatic heterocycles. The number of hydrogen-bond donors (Lipinski definition) is 2. The predicted molar refractivity (Wildman–Crippen MR) is 74.4 cm³/mol. The minimum Gasteiger partial charge on any atom is -0.316 e. The average Bonchev–Trinajstić information content (AvgIpc) is 2.48. The smallest absolute Gasteiger partial charge is 0.253 e. The monoisotopic (exact) mass is 274 g/mol. The maximum absolute atomic E-state index is 11.9. The summed E-state index contributed by atoms with van der Waals surface area (Å²) >= 11 is 0. The van der Waals surface area contributed by atoms with E-state index in [2.05, 4.69) is 4.72 Å². The van der Waals surface area contributed by atoms with Crippen molar-refractivity contribution in [1.29, 1.82) is 0 Å². The molecule has 0 saturated carbocycles. The van der Waals surface area contributed by atoms with Crippen LogP contribution in [0.3, 0.4) is 0 Å². The molecule has 0 fully saturated rings. The Morgan fingerprint density at radius 3 is 2.11 bits per heavy atom. The van der Waals surface area contributed by atoms with Crippen LogP contribution in [0.2, 0.25) is 0 Å². The lowest BCUT2D eigenvalue weighted by Crippen LogP contribution is -2.35. The van der Waals surface area contributed by atoms with E-state index in [1.54, 1.807) is 48.5 Å². The van der Waals surface area contributed by atoms with Crippen LogP contribution in [0, 0.1) is 0 Å². The van der Waals surface area contributed by atoms with Crippen LogP contribution in [0.5, 0.6) is 0 Å². The molecule has 0 bridgehead atoms. The van der Waals surface area contributed by atoms with Crippen molar-refractivity contribution >= 4 is 16.9 Å². The van der Waals surface area contributed by atoms with Gasteiger partial charge in [-0.2, -0.15) is 0 Å². The largest absolute Gasteiger partial charge is 0.316 e. The van der Waals surface area contributed by atoms with Gasteiger partial charge in [0.1, 0.15) is 6.04 Å². The Morgan fingerprint density at radius 2 is 1.53 bits per heavy atom. The summed E-state index contributed by atoms with van der Waals surface area (Å²) in [6.07, 6.45) is 0. The van der Waals surface area contributed by atoms with E-state index in [4.69, 9.17) is 5.73 Å². The Morgan fingerprint density at radius 1 is 1.00 bits per heavy atom. The molecule has 2 rings (SSSR count). The fourth-order valence-corrected chi connectivity index (χ4v) is 2.40. The fourth-order valence-electron chi connectivity index (χ4n) is 1.57. The van der Waals surface area contributed by atoms with E-state index < -0.39 is 22.9 Å². The van der Waals surface area contributed by atoms with Crippen LogP contribution in [0.15, 0.2) is 65.6 Å². The van der Waals surface area contributed by atoms with Crippen LogP contribution in [0.25, 0.3) is 0 Å². The van der Waals surface area contributed by atoms with Gasteiger partial charge in [-0.1, -0.05) is 48.5 Å². The van der Waals surface area contributed by atoms with Crippen molar-refractivity contribution in [3.63, 3.8) is 0 Å². The molecule has 0 aliphatic rings. The summed E-state index contributed by atoms with van der Waals surface area (Å²) in [6.45, 7) is 0. The van der Waals surface area contributed by atoms with E-state index in [1.807, 2.05) is 12.1 Å². The minimum atomic E-state index is -1.59. The summed E-state index contributed by atoms with van der Waals surface area (Å²) in [6, 6.07) is 16.9. The first-order valence-electron chi connectivity index (χ1n) is 5.76. The molecule has 5 heteroatoms. The Labute approximate surface area is 114 Å². The molecular formula is C14H14N2O2S. The molecule has 0 heterocycles. The molecule has 4 nitrogen and oxygen atoms in total. The van der Waals surface area contributed by atoms with Crippen molar-refractivity contribution in [3.8, 4) is 0 Å². The van der Waals surface area contributed by atoms with Gasteiger partial charge in [0.2, 0.25) is 0 Å². The van der Waals surface area contributed by atoms with Crippen LogP contribution >= 0.6 is 0 Å². The number of nitrogens with two attached hydrogens (primary N) is 1. The highest BCUT2D eigenvalue weighted by Crippen LogP contribution is 2.10. The molecular weight excluding hydrogens is 260 g/mol. The van der Waals surface area contributed by atoms with Crippen LogP contribution in [-0.4, -0.2) is 10.1 Å². The number of rotatable bonds is 4. The van der Waals surface area contributed by atoms with Gasteiger partial charge in [0.05, 0.1) is 4.90 Å². The van der Waals surface area contributed by atoms with Crippen molar-refractivity contribution in [1.82, 2.24) is 4.72 Å². The van der Waals surface area contributed by atoms with Gasteiger partial charge >= 0.3 is 0 Å². The highest BCUT2D eigenvalue weighted by molar-refractivity contribution is 7.83. The topological polar surface area (TPSA) is 72.2 Å². The van der Waals surface area contributed by atoms with Crippen molar-refractivity contribution in [2.45, 2.75) is 10.9 Å². The third kappa shape index (κ3) is 3.49. The Balaban J connectivity index is 2.04. The van der Waals surface area contributed by atoms with E-state index in [1.165, 1.54) is 0 Å². The van der Waals surface area contributed by atoms with E-state index in [9.17, 15) is 9.00 Å². The van der Waals surface area contributed by atoms with Crippen LogP contribution in [0.4, 0.5) is 0 Å². The van der Waals surface area contributed by atoms with Gasteiger partial charge in [-0.25, -0.2) is 4.21 Å². The lowest BCUT2D eigenvalue weighted by Gasteiger charge is -2.11. The second-order valence-electron chi connectivity index (χ2n) is 3.94. The normalized spacial score (nSPS) is 13.5. The molecule has 2 atom stereocenters. The van der Waals surface area contributed by atoms with Gasteiger partial charge in [0.25, 0.3) is 5.91 Å². The summed E-state index contributed by atoms with van der Waals surface area (Å²) < 4.78 is 14.3. The van der Waals surface area contributed by atoms with Gasteiger partial charge in [0.15, 0.2) is 11.0 Å². The zero-order valence-electron chi connectivity index (χ0n) is 10.2. The number of benzene rings is 2. The average molecular weight is 274 g/mol. The third-order valence-electron chi connectivity index (χ3n) is 2.59. The van der Waals surface area contributed by atoms with E-state index >= 15 is 0 Å². The first-order chi connectivity index (χ1) is 9.18. The second-order valence-corrected chi connectivity index (χ2v) is 5.15. The summed E-state index contributed by atoms with van der Waals surface area (Å²) in [5.41, 5.74) is 6.50. The zero-order chi connectivity index (χ0) is 13.7. The molecule has 3 N–H and O–H groups in total. The van der Waals surface area contributed by atoms with Crippen molar-refractivity contribution in [2.24, 2.45) is 5.73 Å². The maximum Gasteiger partial charge on any atom is 0.253 e. The van der Waals surface area contributed by atoms with Crippen LogP contribution < -0.4 is 10.5 Å². The first-order valence-corrected chi connectivity index (χ1v) is 6.91. The Bertz CT molecular complexity index is 573. The number of carbonyl (C=O) groups is 1. The highest BCUT2D eigenvalue weighted by Gasteiger charge is 2.17. The summed E-state index contributed by atoms with van der Waals surface area (Å²) in [5, 5.41) is 0. The first kappa shape index (κ1) is 13.5. The summed E-state index contributed by atoms with van der Waals surface area (Å²) in [4.78, 5) is 12.4.